The molecule has 100 valence electrons. The molecule has 0 radical (unpaired) electrons. The van der Waals surface area contributed by atoms with Crippen LogP contribution in [0.25, 0.3) is 0 Å². The van der Waals surface area contributed by atoms with Crippen molar-refractivity contribution >= 4 is 0 Å². The molecular weight excluding hydrogens is 232 g/mol. The SMILES string of the molecule is Cc1ccncc1CNC(C)Cc1ccccc1C. The van der Waals surface area contributed by atoms with Crippen LogP contribution < -0.4 is 5.32 Å². The molecule has 0 saturated carbocycles. The lowest BCUT2D eigenvalue weighted by Gasteiger charge is -2.16. The van der Waals surface area contributed by atoms with Crippen LogP contribution in [0, 0.1) is 13.8 Å². The van der Waals surface area contributed by atoms with Gasteiger partial charge in [0, 0.05) is 25.0 Å². The van der Waals surface area contributed by atoms with Crippen LogP contribution in [0.1, 0.15) is 29.2 Å². The number of benzene rings is 1. The number of hydrogen-bond donors (Lipinski definition) is 1. The Morgan fingerprint density at radius 1 is 1.05 bits per heavy atom. The van der Waals surface area contributed by atoms with Gasteiger partial charge in [-0.05, 0) is 55.5 Å². The van der Waals surface area contributed by atoms with Crippen molar-refractivity contribution in [2.45, 2.75) is 39.8 Å². The highest BCUT2D eigenvalue weighted by Gasteiger charge is 2.06. The number of hydrogen-bond acceptors (Lipinski definition) is 2. The van der Waals surface area contributed by atoms with Crippen LogP contribution >= 0.6 is 0 Å². The van der Waals surface area contributed by atoms with Crippen LogP contribution in [0.5, 0.6) is 0 Å². The number of nitrogens with one attached hydrogen (secondary N) is 1. The van der Waals surface area contributed by atoms with E-state index in [4.69, 9.17) is 0 Å². The molecule has 1 atom stereocenters. The summed E-state index contributed by atoms with van der Waals surface area (Å²) < 4.78 is 0. The van der Waals surface area contributed by atoms with Crippen molar-refractivity contribution in [3.8, 4) is 0 Å². The van der Waals surface area contributed by atoms with E-state index in [2.05, 4.69) is 61.4 Å². The maximum Gasteiger partial charge on any atom is 0.0315 e. The van der Waals surface area contributed by atoms with E-state index < -0.39 is 0 Å². The molecule has 1 aromatic heterocycles. The maximum atomic E-state index is 4.18. The highest BCUT2D eigenvalue weighted by Crippen LogP contribution is 2.10. The maximum absolute atomic E-state index is 4.18. The first-order chi connectivity index (χ1) is 9.16. The Kier molecular flexibility index (Phi) is 4.69. The average Bonchev–Trinajstić information content (AvgIpc) is 2.40. The Balaban J connectivity index is 1.90. The molecule has 0 fully saturated rings. The van der Waals surface area contributed by atoms with Gasteiger partial charge in [0.05, 0.1) is 0 Å². The third-order valence-corrected chi connectivity index (χ3v) is 3.58. The van der Waals surface area contributed by atoms with Gasteiger partial charge in [0.1, 0.15) is 0 Å². The number of aryl methyl sites for hydroxylation is 2. The summed E-state index contributed by atoms with van der Waals surface area (Å²) in [4.78, 5) is 4.18. The highest BCUT2D eigenvalue weighted by molar-refractivity contribution is 5.26. The molecule has 0 saturated heterocycles. The molecule has 2 rings (SSSR count). The largest absolute Gasteiger partial charge is 0.310 e. The first-order valence-corrected chi connectivity index (χ1v) is 6.84. The molecule has 0 spiro atoms. The molecule has 1 unspecified atom stereocenters. The minimum atomic E-state index is 0.459. The molecular formula is C17H22N2. The molecule has 1 N–H and O–H groups in total. The van der Waals surface area contributed by atoms with Crippen LogP contribution in [0.2, 0.25) is 0 Å². The van der Waals surface area contributed by atoms with E-state index >= 15 is 0 Å². The Morgan fingerprint density at radius 2 is 1.79 bits per heavy atom. The van der Waals surface area contributed by atoms with Crippen LogP contribution in [0.4, 0.5) is 0 Å². The molecule has 2 heteroatoms. The standard InChI is InChI=1S/C17H22N2/c1-13-6-4-5-7-16(13)10-15(3)19-12-17-11-18-9-8-14(17)2/h4-9,11,15,19H,10,12H2,1-3H3. The zero-order valence-corrected chi connectivity index (χ0v) is 12.0. The number of rotatable bonds is 5. The van der Waals surface area contributed by atoms with Crippen molar-refractivity contribution in [2.75, 3.05) is 0 Å². The number of aromatic nitrogens is 1. The predicted octanol–water partition coefficient (Wildman–Crippen LogP) is 3.42. The minimum Gasteiger partial charge on any atom is -0.310 e. The second kappa shape index (κ2) is 6.48. The van der Waals surface area contributed by atoms with Crippen LogP contribution in [-0.2, 0) is 13.0 Å². The van der Waals surface area contributed by atoms with Gasteiger partial charge in [0.15, 0.2) is 0 Å². The summed E-state index contributed by atoms with van der Waals surface area (Å²) in [5.41, 5.74) is 5.36. The van der Waals surface area contributed by atoms with E-state index in [1.165, 1.54) is 22.3 Å². The summed E-state index contributed by atoms with van der Waals surface area (Å²) in [7, 11) is 0. The molecule has 1 heterocycles. The number of nitrogens with zero attached hydrogens (tertiary/aromatic N) is 1. The van der Waals surface area contributed by atoms with Gasteiger partial charge in [-0.25, -0.2) is 0 Å². The van der Waals surface area contributed by atoms with E-state index in [9.17, 15) is 0 Å². The topological polar surface area (TPSA) is 24.9 Å². The van der Waals surface area contributed by atoms with E-state index in [-0.39, 0.29) is 0 Å². The van der Waals surface area contributed by atoms with Crippen LogP contribution in [-0.4, -0.2) is 11.0 Å². The monoisotopic (exact) mass is 254 g/mol. The summed E-state index contributed by atoms with van der Waals surface area (Å²) in [6.45, 7) is 7.42. The Bertz CT molecular complexity index is 534. The first-order valence-electron chi connectivity index (χ1n) is 6.84. The fraction of sp³-hybridized carbons (Fsp3) is 0.353. The van der Waals surface area contributed by atoms with Crippen LogP contribution in [0.3, 0.4) is 0 Å². The van der Waals surface area contributed by atoms with Crippen molar-refractivity contribution in [3.63, 3.8) is 0 Å². The molecule has 2 nitrogen and oxygen atoms in total. The summed E-state index contributed by atoms with van der Waals surface area (Å²) >= 11 is 0. The van der Waals surface area contributed by atoms with Gasteiger partial charge in [-0.3, -0.25) is 4.98 Å². The fourth-order valence-electron chi connectivity index (χ4n) is 2.21. The van der Waals surface area contributed by atoms with Crippen LogP contribution in [0.15, 0.2) is 42.7 Å². The lowest BCUT2D eigenvalue weighted by atomic mass is 10.0. The molecule has 0 amide bonds. The molecule has 0 aliphatic heterocycles. The molecule has 0 aliphatic rings. The highest BCUT2D eigenvalue weighted by atomic mass is 14.9. The van der Waals surface area contributed by atoms with Crippen molar-refractivity contribution < 1.29 is 0 Å². The zero-order valence-electron chi connectivity index (χ0n) is 12.0. The lowest BCUT2D eigenvalue weighted by molar-refractivity contribution is 0.543. The third kappa shape index (κ3) is 3.90. The van der Waals surface area contributed by atoms with Crippen molar-refractivity contribution in [1.82, 2.24) is 10.3 Å². The lowest BCUT2D eigenvalue weighted by Crippen LogP contribution is -2.28. The molecule has 1 aromatic carbocycles. The Morgan fingerprint density at radius 3 is 2.53 bits per heavy atom. The van der Waals surface area contributed by atoms with Gasteiger partial charge in [-0.15, -0.1) is 0 Å². The summed E-state index contributed by atoms with van der Waals surface area (Å²) in [5, 5.41) is 3.58. The molecule has 2 aromatic rings. The predicted molar refractivity (Wildman–Crippen MR) is 80.2 cm³/mol. The van der Waals surface area contributed by atoms with Gasteiger partial charge in [-0.2, -0.15) is 0 Å². The summed E-state index contributed by atoms with van der Waals surface area (Å²) in [6, 6.07) is 11.1. The average molecular weight is 254 g/mol. The van der Waals surface area contributed by atoms with Gasteiger partial charge < -0.3 is 5.32 Å². The smallest absolute Gasteiger partial charge is 0.0315 e. The second-order valence-electron chi connectivity index (χ2n) is 5.21. The fourth-order valence-corrected chi connectivity index (χ4v) is 2.21. The minimum absolute atomic E-state index is 0.459. The van der Waals surface area contributed by atoms with Crippen molar-refractivity contribution in [3.05, 3.63) is 65.0 Å². The normalized spacial score (nSPS) is 12.4. The zero-order chi connectivity index (χ0) is 13.7. The van der Waals surface area contributed by atoms with Gasteiger partial charge >= 0.3 is 0 Å². The van der Waals surface area contributed by atoms with Crippen molar-refractivity contribution in [2.24, 2.45) is 0 Å². The molecule has 19 heavy (non-hydrogen) atoms. The molecule has 0 bridgehead atoms. The van der Waals surface area contributed by atoms with E-state index in [1.807, 2.05) is 12.4 Å². The Labute approximate surface area is 115 Å². The van der Waals surface area contributed by atoms with Crippen molar-refractivity contribution in [1.29, 1.82) is 0 Å². The summed E-state index contributed by atoms with van der Waals surface area (Å²) in [6.07, 6.45) is 4.85. The van der Waals surface area contributed by atoms with E-state index in [0.717, 1.165) is 13.0 Å². The van der Waals surface area contributed by atoms with Gasteiger partial charge in [0.25, 0.3) is 0 Å². The van der Waals surface area contributed by atoms with E-state index in [0.29, 0.717) is 6.04 Å². The van der Waals surface area contributed by atoms with E-state index in [1.54, 1.807) is 0 Å². The quantitative estimate of drug-likeness (QED) is 0.884. The second-order valence-corrected chi connectivity index (χ2v) is 5.21. The summed E-state index contributed by atoms with van der Waals surface area (Å²) in [5.74, 6) is 0. The number of pyridine rings is 1. The van der Waals surface area contributed by atoms with Gasteiger partial charge in [0.2, 0.25) is 0 Å². The Hall–Kier alpha value is -1.67. The third-order valence-electron chi connectivity index (χ3n) is 3.58. The molecule has 0 aliphatic carbocycles. The first kappa shape index (κ1) is 13.8. The van der Waals surface area contributed by atoms with Gasteiger partial charge in [-0.1, -0.05) is 24.3 Å².